The number of para-hydroxylation sites is 2. The van der Waals surface area contributed by atoms with Crippen LogP contribution in [0.3, 0.4) is 0 Å². The lowest BCUT2D eigenvalue weighted by atomic mass is 10.1. The van der Waals surface area contributed by atoms with Crippen molar-refractivity contribution in [3.05, 3.63) is 60.2 Å². The molecule has 3 nitrogen and oxygen atoms in total. The lowest BCUT2D eigenvalue weighted by Crippen LogP contribution is -2.33. The molecule has 3 rings (SSSR count). The lowest BCUT2D eigenvalue weighted by Gasteiger charge is -2.20. The normalized spacial score (nSPS) is 18.8. The highest BCUT2D eigenvalue weighted by molar-refractivity contribution is 5.40. The second-order valence-corrected chi connectivity index (χ2v) is 5.36. The van der Waals surface area contributed by atoms with Crippen LogP contribution in [0.1, 0.15) is 24.9 Å². The second-order valence-electron chi connectivity index (χ2n) is 5.36. The largest absolute Gasteiger partial charge is 0.490 e. The van der Waals surface area contributed by atoms with Crippen LogP contribution in [0.25, 0.3) is 0 Å². The van der Waals surface area contributed by atoms with Crippen molar-refractivity contribution in [2.24, 2.45) is 0 Å². The number of rotatable bonds is 4. The third-order valence-electron chi connectivity index (χ3n) is 3.79. The summed E-state index contributed by atoms with van der Waals surface area (Å²) in [6.07, 6.45) is 1.03. The summed E-state index contributed by atoms with van der Waals surface area (Å²) in [6.45, 7) is 3.69. The zero-order valence-electron chi connectivity index (χ0n) is 12.3. The third kappa shape index (κ3) is 3.56. The molecule has 0 radical (unpaired) electrons. The molecule has 0 amide bonds. The van der Waals surface area contributed by atoms with Gasteiger partial charge in [-0.2, -0.15) is 0 Å². The predicted octanol–water partition coefficient (Wildman–Crippen LogP) is 3.57. The molecule has 2 atom stereocenters. The summed E-state index contributed by atoms with van der Waals surface area (Å²) in [5, 5.41) is 3.55. The van der Waals surface area contributed by atoms with Gasteiger partial charge in [0, 0.05) is 19.0 Å². The first kappa shape index (κ1) is 14.0. The Balaban J connectivity index is 1.59. The molecule has 110 valence electrons. The zero-order chi connectivity index (χ0) is 14.5. The average Bonchev–Trinajstić information content (AvgIpc) is 2.75. The van der Waals surface area contributed by atoms with Crippen molar-refractivity contribution < 1.29 is 9.47 Å². The van der Waals surface area contributed by atoms with Gasteiger partial charge in [0.1, 0.15) is 6.10 Å². The van der Waals surface area contributed by atoms with E-state index in [1.165, 1.54) is 5.56 Å². The smallest absolute Gasteiger partial charge is 0.161 e. The molecule has 1 aliphatic heterocycles. The van der Waals surface area contributed by atoms with Gasteiger partial charge >= 0.3 is 0 Å². The number of hydrogen-bond acceptors (Lipinski definition) is 3. The minimum absolute atomic E-state index is 0.139. The predicted molar refractivity (Wildman–Crippen MR) is 83.8 cm³/mol. The van der Waals surface area contributed by atoms with Crippen LogP contribution < -0.4 is 14.8 Å². The van der Waals surface area contributed by atoms with Gasteiger partial charge in [-0.25, -0.2) is 0 Å². The molecule has 0 spiro atoms. The number of ether oxygens (including phenoxy) is 2. The van der Waals surface area contributed by atoms with Gasteiger partial charge in [-0.3, -0.25) is 0 Å². The summed E-state index contributed by atoms with van der Waals surface area (Å²) in [5.41, 5.74) is 1.29. The van der Waals surface area contributed by atoms with Crippen molar-refractivity contribution in [1.82, 2.24) is 5.32 Å². The van der Waals surface area contributed by atoms with Gasteiger partial charge < -0.3 is 14.8 Å². The number of fused-ring (bicyclic) bond motifs is 1. The molecule has 0 saturated carbocycles. The van der Waals surface area contributed by atoms with Gasteiger partial charge in [0.25, 0.3) is 0 Å². The third-order valence-corrected chi connectivity index (χ3v) is 3.79. The molecular formula is C18H21NO2. The Bertz CT molecular complexity index is 570. The van der Waals surface area contributed by atoms with Crippen LogP contribution in [0.4, 0.5) is 0 Å². The van der Waals surface area contributed by atoms with Crippen molar-refractivity contribution in [2.45, 2.75) is 25.5 Å². The van der Waals surface area contributed by atoms with Gasteiger partial charge in [0.2, 0.25) is 0 Å². The molecule has 0 saturated heterocycles. The molecule has 2 unspecified atom stereocenters. The quantitative estimate of drug-likeness (QED) is 0.930. The first-order valence-electron chi connectivity index (χ1n) is 7.50. The fourth-order valence-electron chi connectivity index (χ4n) is 2.52. The van der Waals surface area contributed by atoms with Crippen molar-refractivity contribution in [3.63, 3.8) is 0 Å². The Morgan fingerprint density at radius 3 is 2.57 bits per heavy atom. The van der Waals surface area contributed by atoms with Crippen LogP contribution >= 0.6 is 0 Å². The molecule has 1 N–H and O–H groups in total. The van der Waals surface area contributed by atoms with Crippen LogP contribution in [0.2, 0.25) is 0 Å². The Morgan fingerprint density at radius 2 is 1.76 bits per heavy atom. The average molecular weight is 283 g/mol. The van der Waals surface area contributed by atoms with E-state index in [2.05, 4.69) is 36.5 Å². The standard InChI is InChI=1S/C18H21NO2/c1-14(15-7-3-2-4-8-15)19-13-16-11-12-20-17-9-5-6-10-18(17)21-16/h2-10,14,16,19H,11-13H2,1H3. The zero-order valence-corrected chi connectivity index (χ0v) is 12.3. The van der Waals surface area contributed by atoms with E-state index in [1.807, 2.05) is 30.3 Å². The van der Waals surface area contributed by atoms with Gasteiger partial charge in [0.15, 0.2) is 11.5 Å². The van der Waals surface area contributed by atoms with E-state index < -0.39 is 0 Å². The summed E-state index contributed by atoms with van der Waals surface area (Å²) in [7, 11) is 0. The van der Waals surface area contributed by atoms with Crippen LogP contribution in [0, 0.1) is 0 Å². The van der Waals surface area contributed by atoms with Crippen LogP contribution in [0.15, 0.2) is 54.6 Å². The molecule has 1 aliphatic rings. The maximum Gasteiger partial charge on any atom is 0.161 e. The Morgan fingerprint density at radius 1 is 1.05 bits per heavy atom. The van der Waals surface area contributed by atoms with Crippen LogP contribution in [-0.2, 0) is 0 Å². The summed E-state index contributed by atoms with van der Waals surface area (Å²) >= 11 is 0. The first-order valence-corrected chi connectivity index (χ1v) is 7.50. The first-order chi connectivity index (χ1) is 10.3. The van der Waals surface area contributed by atoms with Gasteiger partial charge in [-0.15, -0.1) is 0 Å². The van der Waals surface area contributed by atoms with Crippen molar-refractivity contribution in [3.8, 4) is 11.5 Å². The minimum Gasteiger partial charge on any atom is -0.490 e. The highest BCUT2D eigenvalue weighted by Gasteiger charge is 2.18. The molecule has 0 bridgehead atoms. The molecule has 0 fully saturated rings. The van der Waals surface area contributed by atoms with E-state index in [0.717, 1.165) is 24.5 Å². The van der Waals surface area contributed by atoms with E-state index in [-0.39, 0.29) is 6.10 Å². The molecule has 0 aromatic heterocycles. The number of benzene rings is 2. The van der Waals surface area contributed by atoms with Gasteiger partial charge in [0.05, 0.1) is 6.61 Å². The minimum atomic E-state index is 0.139. The van der Waals surface area contributed by atoms with E-state index in [4.69, 9.17) is 9.47 Å². The van der Waals surface area contributed by atoms with E-state index in [0.29, 0.717) is 12.6 Å². The van der Waals surface area contributed by atoms with Crippen LogP contribution in [-0.4, -0.2) is 19.3 Å². The summed E-state index contributed by atoms with van der Waals surface area (Å²) in [6, 6.07) is 18.6. The molecule has 0 aliphatic carbocycles. The molecular weight excluding hydrogens is 262 g/mol. The van der Waals surface area contributed by atoms with Crippen molar-refractivity contribution in [1.29, 1.82) is 0 Å². The molecule has 21 heavy (non-hydrogen) atoms. The fraction of sp³-hybridized carbons (Fsp3) is 0.333. The Hall–Kier alpha value is -2.00. The van der Waals surface area contributed by atoms with E-state index in [9.17, 15) is 0 Å². The molecule has 2 aromatic carbocycles. The molecule has 3 heteroatoms. The Labute approximate surface area is 125 Å². The second kappa shape index (κ2) is 6.64. The summed E-state index contributed by atoms with van der Waals surface area (Å²) < 4.78 is 11.8. The van der Waals surface area contributed by atoms with Gasteiger partial charge in [-0.05, 0) is 24.6 Å². The van der Waals surface area contributed by atoms with Gasteiger partial charge in [-0.1, -0.05) is 42.5 Å². The van der Waals surface area contributed by atoms with Crippen LogP contribution in [0.5, 0.6) is 11.5 Å². The topological polar surface area (TPSA) is 30.5 Å². The number of nitrogens with one attached hydrogen (secondary N) is 1. The fourth-order valence-corrected chi connectivity index (χ4v) is 2.52. The van der Waals surface area contributed by atoms with Crippen molar-refractivity contribution >= 4 is 0 Å². The lowest BCUT2D eigenvalue weighted by molar-refractivity contribution is 0.184. The summed E-state index contributed by atoms with van der Waals surface area (Å²) in [4.78, 5) is 0. The maximum atomic E-state index is 6.06. The van der Waals surface area contributed by atoms with Crippen molar-refractivity contribution in [2.75, 3.05) is 13.2 Å². The van der Waals surface area contributed by atoms with E-state index >= 15 is 0 Å². The number of hydrogen-bond donors (Lipinski definition) is 1. The summed E-state index contributed by atoms with van der Waals surface area (Å²) in [5.74, 6) is 1.69. The molecule has 2 aromatic rings. The Kier molecular flexibility index (Phi) is 4.41. The molecule has 1 heterocycles. The monoisotopic (exact) mass is 283 g/mol. The highest BCUT2D eigenvalue weighted by atomic mass is 16.5. The highest BCUT2D eigenvalue weighted by Crippen LogP contribution is 2.30. The maximum absolute atomic E-state index is 6.06. The van der Waals surface area contributed by atoms with E-state index in [1.54, 1.807) is 0 Å². The SMILES string of the molecule is CC(NCC1CCOc2ccccc2O1)c1ccccc1.